The molecule has 2 amide bonds. The molecule has 2 rings (SSSR count). The zero-order chi connectivity index (χ0) is 21.4. The van der Waals surface area contributed by atoms with E-state index in [1.807, 2.05) is 0 Å². The summed E-state index contributed by atoms with van der Waals surface area (Å²) in [5.74, 6) is -1.03. The maximum absolute atomic E-state index is 11.5. The van der Waals surface area contributed by atoms with Crippen molar-refractivity contribution >= 4 is 46.8 Å². The highest BCUT2D eigenvalue weighted by Crippen LogP contribution is 2.34. The lowest BCUT2D eigenvalue weighted by molar-refractivity contribution is -0.129. The molecule has 0 radical (unpaired) electrons. The minimum atomic E-state index is -0.957. The van der Waals surface area contributed by atoms with Gasteiger partial charge in [-0.15, -0.1) is 10.2 Å². The van der Waals surface area contributed by atoms with Crippen molar-refractivity contribution in [2.24, 2.45) is 5.73 Å². The van der Waals surface area contributed by atoms with Gasteiger partial charge < -0.3 is 31.9 Å². The van der Waals surface area contributed by atoms with E-state index in [-0.39, 0.29) is 48.8 Å². The number of aliphatic hydroxyl groups excluding tert-OH is 1. The fourth-order valence-corrected chi connectivity index (χ4v) is 2.49. The molecule has 0 spiro atoms. The van der Waals surface area contributed by atoms with Crippen molar-refractivity contribution in [1.29, 1.82) is 0 Å². The second kappa shape index (κ2) is 10.7. The van der Waals surface area contributed by atoms with E-state index in [1.165, 1.54) is 0 Å². The smallest absolute Gasteiger partial charge is 0.246 e. The molecule has 0 saturated heterocycles. The Morgan fingerprint density at radius 2 is 1.97 bits per heavy atom. The van der Waals surface area contributed by atoms with Gasteiger partial charge in [0.2, 0.25) is 17.8 Å². The number of rotatable bonds is 10. The van der Waals surface area contributed by atoms with Crippen molar-refractivity contribution < 1.29 is 19.4 Å². The van der Waals surface area contributed by atoms with E-state index in [1.54, 1.807) is 18.2 Å². The predicted molar refractivity (Wildman–Crippen MR) is 107 cm³/mol. The zero-order valence-corrected chi connectivity index (χ0v) is 16.6. The molecule has 0 fully saturated rings. The van der Waals surface area contributed by atoms with Crippen LogP contribution in [0.3, 0.4) is 0 Å². The highest BCUT2D eigenvalue weighted by molar-refractivity contribution is 6.43. The SMILES string of the molecule is NC(=O)COCC(=O)NCC(O)CNc1nnc(-c2cccc(Cl)c2Cl)c(N)n1. The lowest BCUT2D eigenvalue weighted by atomic mass is 10.1. The van der Waals surface area contributed by atoms with E-state index in [0.29, 0.717) is 10.6 Å². The van der Waals surface area contributed by atoms with Gasteiger partial charge in [0, 0.05) is 18.7 Å². The Kier molecular flexibility index (Phi) is 8.34. The molecule has 11 nitrogen and oxygen atoms in total. The third-order valence-corrected chi connectivity index (χ3v) is 4.25. The Labute approximate surface area is 175 Å². The molecule has 1 aromatic heterocycles. The molecule has 29 heavy (non-hydrogen) atoms. The van der Waals surface area contributed by atoms with Crippen molar-refractivity contribution in [2.75, 3.05) is 37.4 Å². The molecule has 0 aliphatic carbocycles. The summed E-state index contributed by atoms with van der Waals surface area (Å²) in [6.45, 7) is -0.758. The third-order valence-electron chi connectivity index (χ3n) is 3.43. The summed E-state index contributed by atoms with van der Waals surface area (Å²) in [5.41, 5.74) is 11.6. The van der Waals surface area contributed by atoms with Gasteiger partial charge in [-0.25, -0.2) is 0 Å². The van der Waals surface area contributed by atoms with Crippen LogP contribution in [0.15, 0.2) is 18.2 Å². The number of aromatic nitrogens is 3. The minimum absolute atomic E-state index is 0.0147. The first-order valence-corrected chi connectivity index (χ1v) is 9.02. The summed E-state index contributed by atoms with van der Waals surface area (Å²) in [5, 5.41) is 23.6. The van der Waals surface area contributed by atoms with Crippen LogP contribution in [0.2, 0.25) is 10.0 Å². The highest BCUT2D eigenvalue weighted by atomic mass is 35.5. The molecular formula is C16H19Cl2N7O4. The van der Waals surface area contributed by atoms with Crippen LogP contribution in [-0.4, -0.2) is 64.5 Å². The van der Waals surface area contributed by atoms with Crippen molar-refractivity contribution in [2.45, 2.75) is 6.10 Å². The maximum atomic E-state index is 11.5. The molecule has 0 aliphatic rings. The normalized spacial score (nSPS) is 11.7. The lowest BCUT2D eigenvalue weighted by Gasteiger charge is -2.13. The number of carbonyl (C=O) groups is 2. The number of carbonyl (C=O) groups excluding carboxylic acids is 2. The topological polar surface area (TPSA) is 178 Å². The highest BCUT2D eigenvalue weighted by Gasteiger charge is 2.14. The van der Waals surface area contributed by atoms with E-state index in [9.17, 15) is 14.7 Å². The third kappa shape index (κ3) is 6.98. The summed E-state index contributed by atoms with van der Waals surface area (Å²) in [7, 11) is 0. The Morgan fingerprint density at radius 3 is 2.66 bits per heavy atom. The molecule has 13 heteroatoms. The Hall–Kier alpha value is -2.73. The second-order valence-corrected chi connectivity index (χ2v) is 6.55. The van der Waals surface area contributed by atoms with Gasteiger partial charge in [-0.05, 0) is 6.07 Å². The lowest BCUT2D eigenvalue weighted by Crippen LogP contribution is -2.38. The van der Waals surface area contributed by atoms with Crippen LogP contribution in [0.1, 0.15) is 0 Å². The summed E-state index contributed by atoms with van der Waals surface area (Å²) >= 11 is 12.1. The van der Waals surface area contributed by atoms with Crippen molar-refractivity contribution in [3.8, 4) is 11.3 Å². The number of halogens is 2. The molecule has 1 aromatic carbocycles. The molecule has 0 saturated carbocycles. The maximum Gasteiger partial charge on any atom is 0.246 e. The summed E-state index contributed by atoms with van der Waals surface area (Å²) in [6, 6.07) is 5.01. The summed E-state index contributed by atoms with van der Waals surface area (Å²) in [6.07, 6.45) is -0.957. The number of primary amides is 1. The molecule has 156 valence electrons. The van der Waals surface area contributed by atoms with E-state index in [4.69, 9.17) is 39.4 Å². The number of amides is 2. The fourth-order valence-electron chi connectivity index (χ4n) is 2.10. The number of ether oxygens (including phenoxy) is 1. The number of nitrogens with zero attached hydrogens (tertiary/aromatic N) is 3. The molecule has 0 aliphatic heterocycles. The van der Waals surface area contributed by atoms with E-state index < -0.39 is 17.9 Å². The van der Waals surface area contributed by atoms with Crippen molar-refractivity contribution in [1.82, 2.24) is 20.5 Å². The van der Waals surface area contributed by atoms with E-state index >= 15 is 0 Å². The molecule has 7 N–H and O–H groups in total. The van der Waals surface area contributed by atoms with Crippen molar-refractivity contribution in [3.05, 3.63) is 28.2 Å². The van der Waals surface area contributed by atoms with Crippen LogP contribution in [0, 0.1) is 0 Å². The molecule has 1 atom stereocenters. The predicted octanol–water partition coefficient (Wildman–Crippen LogP) is -0.181. The van der Waals surface area contributed by atoms with E-state index in [0.717, 1.165) is 0 Å². The minimum Gasteiger partial charge on any atom is -0.389 e. The van der Waals surface area contributed by atoms with Crippen LogP contribution in [0.4, 0.5) is 11.8 Å². The van der Waals surface area contributed by atoms with Gasteiger partial charge in [-0.1, -0.05) is 35.3 Å². The van der Waals surface area contributed by atoms with Gasteiger partial charge in [0.15, 0.2) is 5.82 Å². The second-order valence-electron chi connectivity index (χ2n) is 5.77. The van der Waals surface area contributed by atoms with Gasteiger partial charge in [-0.3, -0.25) is 9.59 Å². The van der Waals surface area contributed by atoms with Crippen LogP contribution in [-0.2, 0) is 14.3 Å². The number of anilines is 2. The zero-order valence-electron chi connectivity index (χ0n) is 15.1. The van der Waals surface area contributed by atoms with Gasteiger partial charge in [-0.2, -0.15) is 4.98 Å². The van der Waals surface area contributed by atoms with Crippen LogP contribution < -0.4 is 22.1 Å². The average Bonchev–Trinajstić information content (AvgIpc) is 2.67. The average molecular weight is 444 g/mol. The van der Waals surface area contributed by atoms with Crippen LogP contribution >= 0.6 is 23.2 Å². The Balaban J connectivity index is 1.85. The molecular weight excluding hydrogens is 425 g/mol. The largest absolute Gasteiger partial charge is 0.389 e. The number of hydrogen-bond acceptors (Lipinski definition) is 9. The number of aliphatic hydroxyl groups is 1. The first-order chi connectivity index (χ1) is 13.8. The van der Waals surface area contributed by atoms with Crippen molar-refractivity contribution in [3.63, 3.8) is 0 Å². The number of benzene rings is 1. The number of nitrogen functional groups attached to an aromatic ring is 1. The standard InChI is InChI=1S/C16H19Cl2N7O4/c17-10-3-1-2-9(13(10)18)14-15(20)23-16(25-24-14)22-5-8(26)4-21-12(28)7-29-6-11(19)27/h1-3,8,26H,4-7H2,(H2,19,27)(H,21,28)(H3,20,22,23,25). The summed E-state index contributed by atoms with van der Waals surface area (Å²) < 4.78 is 4.75. The molecule has 2 aromatic rings. The quantitative estimate of drug-likeness (QED) is 0.332. The van der Waals surface area contributed by atoms with Gasteiger partial charge in [0.05, 0.1) is 16.1 Å². The molecule has 0 bridgehead atoms. The fraction of sp³-hybridized carbons (Fsp3) is 0.312. The number of nitrogens with two attached hydrogens (primary N) is 2. The first-order valence-electron chi connectivity index (χ1n) is 8.27. The van der Waals surface area contributed by atoms with Gasteiger partial charge in [0.25, 0.3) is 0 Å². The Bertz CT molecular complexity index is 884. The van der Waals surface area contributed by atoms with Gasteiger partial charge in [0.1, 0.15) is 18.9 Å². The number of nitrogens with one attached hydrogen (secondary N) is 2. The number of hydrogen-bond donors (Lipinski definition) is 5. The Morgan fingerprint density at radius 1 is 1.21 bits per heavy atom. The first kappa shape index (κ1) is 22.6. The van der Waals surface area contributed by atoms with Crippen LogP contribution in [0.25, 0.3) is 11.3 Å². The van der Waals surface area contributed by atoms with E-state index in [2.05, 4.69) is 25.8 Å². The van der Waals surface area contributed by atoms with Gasteiger partial charge >= 0.3 is 0 Å². The monoisotopic (exact) mass is 443 g/mol. The molecule has 1 unspecified atom stereocenters. The van der Waals surface area contributed by atoms with Crippen LogP contribution in [0.5, 0.6) is 0 Å². The molecule has 1 heterocycles. The summed E-state index contributed by atoms with van der Waals surface area (Å²) in [4.78, 5) is 26.1.